The Kier molecular flexibility index (Phi) is 3.29. The van der Waals surface area contributed by atoms with Gasteiger partial charge in [0.15, 0.2) is 0 Å². The zero-order valence-corrected chi connectivity index (χ0v) is 11.2. The van der Waals surface area contributed by atoms with Gasteiger partial charge in [0.2, 0.25) is 5.91 Å². The van der Waals surface area contributed by atoms with Crippen LogP contribution in [-0.4, -0.2) is 23.2 Å². The normalized spacial score (nSPS) is 27.4. The molecule has 0 bridgehead atoms. The quantitative estimate of drug-likeness (QED) is 0.751. The van der Waals surface area contributed by atoms with Crippen molar-refractivity contribution in [2.24, 2.45) is 5.92 Å². The third-order valence-electron chi connectivity index (χ3n) is 4.17. The topological polar surface area (TPSA) is 20.3 Å². The van der Waals surface area contributed by atoms with Crippen molar-refractivity contribution in [3.05, 3.63) is 35.4 Å². The van der Waals surface area contributed by atoms with Gasteiger partial charge in [-0.1, -0.05) is 24.3 Å². The van der Waals surface area contributed by atoms with Crippen LogP contribution in [0.2, 0.25) is 0 Å². The standard InChI is InChI=1S/C15H18ClNO/c16-9-11-8-15(18)17(10-11)14-7-3-5-12-4-1-2-6-13(12)14/h1-2,4,6,11,14H,3,5,7-10H2/t11?,14-/m0/s1. The van der Waals surface area contributed by atoms with Crippen LogP contribution in [0.5, 0.6) is 0 Å². The van der Waals surface area contributed by atoms with E-state index in [9.17, 15) is 4.79 Å². The summed E-state index contributed by atoms with van der Waals surface area (Å²) in [7, 11) is 0. The van der Waals surface area contributed by atoms with Gasteiger partial charge in [-0.25, -0.2) is 0 Å². The van der Waals surface area contributed by atoms with Gasteiger partial charge in [-0.15, -0.1) is 11.6 Å². The molecule has 3 rings (SSSR count). The number of carbonyl (C=O) groups excluding carboxylic acids is 1. The Morgan fingerprint density at radius 1 is 1.33 bits per heavy atom. The molecule has 1 fully saturated rings. The molecule has 0 saturated carbocycles. The van der Waals surface area contributed by atoms with Crippen LogP contribution in [0.15, 0.2) is 24.3 Å². The largest absolute Gasteiger partial charge is 0.335 e. The molecule has 1 amide bonds. The van der Waals surface area contributed by atoms with E-state index in [1.165, 1.54) is 17.5 Å². The molecule has 18 heavy (non-hydrogen) atoms. The second-order valence-electron chi connectivity index (χ2n) is 5.38. The lowest BCUT2D eigenvalue weighted by Crippen LogP contribution is -2.32. The summed E-state index contributed by atoms with van der Waals surface area (Å²) in [5, 5.41) is 0. The minimum absolute atomic E-state index is 0.280. The summed E-state index contributed by atoms with van der Waals surface area (Å²) in [5.41, 5.74) is 2.77. The molecule has 96 valence electrons. The molecule has 2 atom stereocenters. The van der Waals surface area contributed by atoms with Gasteiger partial charge in [0.1, 0.15) is 0 Å². The van der Waals surface area contributed by atoms with E-state index in [4.69, 9.17) is 11.6 Å². The van der Waals surface area contributed by atoms with E-state index in [1.54, 1.807) is 0 Å². The molecule has 1 aromatic carbocycles. The molecule has 1 saturated heterocycles. The summed E-state index contributed by atoms with van der Waals surface area (Å²) in [6, 6.07) is 8.84. The van der Waals surface area contributed by atoms with Gasteiger partial charge < -0.3 is 4.90 Å². The average molecular weight is 264 g/mol. The fourth-order valence-corrected chi connectivity index (χ4v) is 3.47. The van der Waals surface area contributed by atoms with Crippen LogP contribution in [-0.2, 0) is 11.2 Å². The van der Waals surface area contributed by atoms with Crippen molar-refractivity contribution in [3.63, 3.8) is 0 Å². The lowest BCUT2D eigenvalue weighted by atomic mass is 9.87. The smallest absolute Gasteiger partial charge is 0.223 e. The number of halogens is 1. The minimum Gasteiger partial charge on any atom is -0.335 e. The number of rotatable bonds is 2. The van der Waals surface area contributed by atoms with Crippen molar-refractivity contribution in [1.82, 2.24) is 4.90 Å². The number of amides is 1. The van der Waals surface area contributed by atoms with Gasteiger partial charge in [-0.3, -0.25) is 4.79 Å². The van der Waals surface area contributed by atoms with Gasteiger partial charge in [-0.2, -0.15) is 0 Å². The molecule has 1 unspecified atom stereocenters. The molecular weight excluding hydrogens is 246 g/mol. The summed E-state index contributed by atoms with van der Waals surface area (Å²) in [4.78, 5) is 14.2. The van der Waals surface area contributed by atoms with Crippen molar-refractivity contribution in [2.75, 3.05) is 12.4 Å². The summed E-state index contributed by atoms with van der Waals surface area (Å²) in [6.07, 6.45) is 4.05. The first-order chi connectivity index (χ1) is 8.79. The highest BCUT2D eigenvalue weighted by Crippen LogP contribution is 2.37. The summed E-state index contributed by atoms with van der Waals surface area (Å²) < 4.78 is 0. The average Bonchev–Trinajstić information content (AvgIpc) is 2.79. The summed E-state index contributed by atoms with van der Waals surface area (Å²) >= 11 is 5.90. The SMILES string of the molecule is O=C1CC(CCl)CN1[C@H]1CCCc2ccccc21. The van der Waals surface area contributed by atoms with Crippen molar-refractivity contribution < 1.29 is 4.79 Å². The Morgan fingerprint density at radius 3 is 2.94 bits per heavy atom. The first kappa shape index (κ1) is 12.0. The van der Waals surface area contributed by atoms with Crippen LogP contribution < -0.4 is 0 Å². The van der Waals surface area contributed by atoms with Crippen LogP contribution in [0, 0.1) is 5.92 Å². The number of alkyl halides is 1. The number of aryl methyl sites for hydroxylation is 1. The third kappa shape index (κ3) is 2.03. The van der Waals surface area contributed by atoms with Crippen LogP contribution in [0.3, 0.4) is 0 Å². The highest BCUT2D eigenvalue weighted by molar-refractivity contribution is 6.18. The Hall–Kier alpha value is -1.02. The first-order valence-electron chi connectivity index (χ1n) is 6.73. The number of likely N-dealkylation sites (tertiary alicyclic amines) is 1. The molecule has 0 aromatic heterocycles. The highest BCUT2D eigenvalue weighted by atomic mass is 35.5. The molecule has 0 N–H and O–H groups in total. The number of benzene rings is 1. The molecule has 2 nitrogen and oxygen atoms in total. The van der Waals surface area contributed by atoms with E-state index in [-0.39, 0.29) is 11.9 Å². The van der Waals surface area contributed by atoms with Crippen molar-refractivity contribution in [3.8, 4) is 0 Å². The molecule has 1 heterocycles. The van der Waals surface area contributed by atoms with E-state index in [2.05, 4.69) is 29.2 Å². The van der Waals surface area contributed by atoms with Gasteiger partial charge >= 0.3 is 0 Å². The zero-order chi connectivity index (χ0) is 12.5. The zero-order valence-electron chi connectivity index (χ0n) is 10.4. The lowest BCUT2D eigenvalue weighted by molar-refractivity contribution is -0.130. The molecule has 1 aromatic rings. The maximum Gasteiger partial charge on any atom is 0.223 e. The maximum absolute atomic E-state index is 12.1. The summed E-state index contributed by atoms with van der Waals surface area (Å²) in [6.45, 7) is 0.835. The molecule has 0 radical (unpaired) electrons. The van der Waals surface area contributed by atoms with E-state index in [0.717, 1.165) is 19.4 Å². The van der Waals surface area contributed by atoms with Crippen LogP contribution in [0.1, 0.15) is 36.4 Å². The third-order valence-corrected chi connectivity index (χ3v) is 4.61. The Balaban J connectivity index is 1.88. The predicted molar refractivity (Wildman–Crippen MR) is 72.7 cm³/mol. The fraction of sp³-hybridized carbons (Fsp3) is 0.533. The molecule has 3 heteroatoms. The van der Waals surface area contributed by atoms with Crippen LogP contribution in [0.4, 0.5) is 0 Å². The number of nitrogens with zero attached hydrogens (tertiary/aromatic N) is 1. The summed E-state index contributed by atoms with van der Waals surface area (Å²) in [5.74, 6) is 1.21. The molecule has 1 aliphatic carbocycles. The van der Waals surface area contributed by atoms with E-state index in [1.807, 2.05) is 0 Å². The lowest BCUT2D eigenvalue weighted by Gasteiger charge is -2.33. The van der Waals surface area contributed by atoms with Gasteiger partial charge in [0.05, 0.1) is 6.04 Å². The first-order valence-corrected chi connectivity index (χ1v) is 7.26. The maximum atomic E-state index is 12.1. The van der Waals surface area contributed by atoms with Crippen LogP contribution >= 0.6 is 11.6 Å². The Morgan fingerprint density at radius 2 is 2.17 bits per heavy atom. The van der Waals surface area contributed by atoms with E-state index >= 15 is 0 Å². The van der Waals surface area contributed by atoms with Crippen molar-refractivity contribution in [1.29, 1.82) is 0 Å². The molecule has 0 spiro atoms. The molecule has 2 aliphatic rings. The van der Waals surface area contributed by atoms with Gasteiger partial charge in [-0.05, 0) is 36.3 Å². The number of hydrogen-bond acceptors (Lipinski definition) is 1. The monoisotopic (exact) mass is 263 g/mol. The minimum atomic E-state index is 0.280. The van der Waals surface area contributed by atoms with Crippen molar-refractivity contribution in [2.45, 2.75) is 31.7 Å². The number of carbonyl (C=O) groups is 1. The van der Waals surface area contributed by atoms with E-state index in [0.29, 0.717) is 18.2 Å². The van der Waals surface area contributed by atoms with Crippen molar-refractivity contribution >= 4 is 17.5 Å². The Labute approximate surface area is 113 Å². The molecular formula is C15H18ClNO. The second-order valence-corrected chi connectivity index (χ2v) is 5.69. The van der Waals surface area contributed by atoms with Gasteiger partial charge in [0.25, 0.3) is 0 Å². The fourth-order valence-electron chi connectivity index (χ4n) is 3.27. The van der Waals surface area contributed by atoms with Gasteiger partial charge in [0, 0.05) is 18.8 Å². The highest BCUT2D eigenvalue weighted by Gasteiger charge is 2.36. The predicted octanol–water partition coefficient (Wildman–Crippen LogP) is 3.15. The molecule has 1 aliphatic heterocycles. The number of fused-ring (bicyclic) bond motifs is 1. The second kappa shape index (κ2) is 4.93. The Bertz CT molecular complexity index is 460. The van der Waals surface area contributed by atoms with E-state index < -0.39 is 0 Å². The number of hydrogen-bond donors (Lipinski definition) is 0. The van der Waals surface area contributed by atoms with Crippen LogP contribution in [0.25, 0.3) is 0 Å².